The fourth-order valence-corrected chi connectivity index (χ4v) is 3.96. The largest absolute Gasteiger partial charge is 0.332 e. The number of H-pyrrole nitrogens is 1. The summed E-state index contributed by atoms with van der Waals surface area (Å²) in [5.41, 5.74) is 0.992. The van der Waals surface area contributed by atoms with Gasteiger partial charge in [-0.25, -0.2) is 13.4 Å². The summed E-state index contributed by atoms with van der Waals surface area (Å²) >= 11 is 0. The van der Waals surface area contributed by atoms with Gasteiger partial charge in [0.25, 0.3) is 5.56 Å². The van der Waals surface area contributed by atoms with E-state index in [2.05, 4.69) is 9.97 Å². The van der Waals surface area contributed by atoms with E-state index in [4.69, 9.17) is 0 Å². The second-order valence-electron chi connectivity index (χ2n) is 7.66. The first kappa shape index (κ1) is 23.4. The average Bonchev–Trinajstić information content (AvgIpc) is 2.76. The number of para-hydroxylation sites is 1. The van der Waals surface area contributed by atoms with Gasteiger partial charge in [0, 0.05) is 18.5 Å². The van der Waals surface area contributed by atoms with Gasteiger partial charge in [0.15, 0.2) is 0 Å². The highest BCUT2D eigenvalue weighted by molar-refractivity contribution is 7.92. The summed E-state index contributed by atoms with van der Waals surface area (Å²) in [4.78, 5) is 33.9. The van der Waals surface area contributed by atoms with Gasteiger partial charge in [0.2, 0.25) is 15.9 Å². The number of rotatable bonds is 8. The Morgan fingerprint density at radius 1 is 1.09 bits per heavy atom. The second-order valence-corrected chi connectivity index (χ2v) is 9.59. The fourth-order valence-electron chi connectivity index (χ4n) is 3.13. The first-order chi connectivity index (χ1) is 15.2. The Bertz CT molecular complexity index is 1280. The molecule has 0 unspecified atom stereocenters. The van der Waals surface area contributed by atoms with Crippen LogP contribution < -0.4 is 5.56 Å². The first-order valence-electron chi connectivity index (χ1n) is 10.1. The zero-order valence-electron chi connectivity index (χ0n) is 18.2. The average molecular weight is 455 g/mol. The standard InChI is InChI=1S/C23H26N4O4S/c1-17(2)27(15-21-24-20-12-8-7-11-19(20)23(29)25-21)22(28)16-26(3)32(30,31)14-13-18-9-5-4-6-10-18/h4-14,17H,15-16H2,1-3H3,(H,24,25,29). The van der Waals surface area contributed by atoms with Crippen molar-refractivity contribution >= 4 is 32.9 Å². The highest BCUT2D eigenvalue weighted by Gasteiger charge is 2.24. The molecule has 9 heteroatoms. The minimum absolute atomic E-state index is 0.0598. The lowest BCUT2D eigenvalue weighted by molar-refractivity contribution is -0.133. The van der Waals surface area contributed by atoms with Gasteiger partial charge in [-0.05, 0) is 37.6 Å². The summed E-state index contributed by atoms with van der Waals surface area (Å²) < 4.78 is 26.2. The molecule has 168 valence electrons. The molecule has 1 aromatic heterocycles. The number of likely N-dealkylation sites (N-methyl/N-ethyl adjacent to an activating group) is 1. The summed E-state index contributed by atoms with van der Waals surface area (Å²) in [5.74, 6) is -0.0553. The van der Waals surface area contributed by atoms with Gasteiger partial charge in [0.1, 0.15) is 5.82 Å². The van der Waals surface area contributed by atoms with E-state index in [0.717, 1.165) is 15.3 Å². The quantitative estimate of drug-likeness (QED) is 0.564. The molecule has 3 aromatic rings. The van der Waals surface area contributed by atoms with Crippen molar-refractivity contribution < 1.29 is 13.2 Å². The number of nitrogens with zero attached hydrogens (tertiary/aromatic N) is 3. The van der Waals surface area contributed by atoms with Crippen molar-refractivity contribution in [3.63, 3.8) is 0 Å². The van der Waals surface area contributed by atoms with Crippen molar-refractivity contribution in [2.75, 3.05) is 13.6 Å². The smallest absolute Gasteiger partial charge is 0.258 e. The molecular formula is C23H26N4O4S. The van der Waals surface area contributed by atoms with Crippen LogP contribution in [0.1, 0.15) is 25.2 Å². The van der Waals surface area contributed by atoms with E-state index in [1.54, 1.807) is 36.4 Å². The van der Waals surface area contributed by atoms with Crippen LogP contribution in [0.15, 0.2) is 64.8 Å². The molecule has 0 spiro atoms. The van der Waals surface area contributed by atoms with Crippen molar-refractivity contribution in [3.05, 3.63) is 81.7 Å². The van der Waals surface area contributed by atoms with Crippen LogP contribution in [-0.4, -0.2) is 53.1 Å². The van der Waals surface area contributed by atoms with Crippen LogP contribution in [0.3, 0.4) is 0 Å². The van der Waals surface area contributed by atoms with E-state index in [9.17, 15) is 18.0 Å². The van der Waals surface area contributed by atoms with Gasteiger partial charge in [-0.1, -0.05) is 42.5 Å². The molecule has 0 fully saturated rings. The van der Waals surface area contributed by atoms with Crippen molar-refractivity contribution in [3.8, 4) is 0 Å². The molecule has 8 nitrogen and oxygen atoms in total. The van der Waals surface area contributed by atoms with Crippen LogP contribution in [0, 0.1) is 0 Å². The van der Waals surface area contributed by atoms with Gasteiger partial charge in [0.05, 0.1) is 24.0 Å². The van der Waals surface area contributed by atoms with E-state index in [1.807, 2.05) is 32.0 Å². The molecule has 0 aliphatic rings. The Hall–Kier alpha value is -3.30. The monoisotopic (exact) mass is 454 g/mol. The number of carbonyl (C=O) groups is 1. The third-order valence-corrected chi connectivity index (χ3v) is 6.43. The maximum atomic E-state index is 12.9. The maximum absolute atomic E-state index is 12.9. The molecule has 0 aliphatic carbocycles. The molecule has 0 saturated carbocycles. The fraction of sp³-hybridized carbons (Fsp3) is 0.261. The lowest BCUT2D eigenvalue weighted by atomic mass is 10.2. The van der Waals surface area contributed by atoms with Gasteiger partial charge in [-0.15, -0.1) is 0 Å². The number of carbonyl (C=O) groups excluding carboxylic acids is 1. The molecule has 0 radical (unpaired) electrons. The van der Waals surface area contributed by atoms with Gasteiger partial charge >= 0.3 is 0 Å². The van der Waals surface area contributed by atoms with Crippen LogP contribution in [0.5, 0.6) is 0 Å². The van der Waals surface area contributed by atoms with E-state index in [-0.39, 0.29) is 24.7 Å². The van der Waals surface area contributed by atoms with E-state index >= 15 is 0 Å². The molecule has 0 bridgehead atoms. The van der Waals surface area contributed by atoms with Crippen LogP contribution in [-0.2, 0) is 21.4 Å². The summed E-state index contributed by atoms with van der Waals surface area (Å²) in [5, 5.41) is 1.55. The molecule has 2 aromatic carbocycles. The van der Waals surface area contributed by atoms with Crippen LogP contribution in [0.4, 0.5) is 0 Å². The van der Waals surface area contributed by atoms with Crippen molar-refractivity contribution in [2.24, 2.45) is 0 Å². The predicted octanol–water partition coefficient (Wildman–Crippen LogP) is 2.59. The summed E-state index contributed by atoms with van der Waals surface area (Å²) in [6.07, 6.45) is 1.49. The van der Waals surface area contributed by atoms with Crippen LogP contribution in [0.2, 0.25) is 0 Å². The highest BCUT2D eigenvalue weighted by Crippen LogP contribution is 2.11. The Labute approximate surface area is 187 Å². The molecule has 0 saturated heterocycles. The molecule has 1 N–H and O–H groups in total. The van der Waals surface area contributed by atoms with Gasteiger partial charge < -0.3 is 9.88 Å². The van der Waals surface area contributed by atoms with Crippen molar-refractivity contribution in [1.82, 2.24) is 19.2 Å². The molecular weight excluding hydrogens is 428 g/mol. The normalized spacial score (nSPS) is 12.2. The summed E-state index contributed by atoms with van der Waals surface area (Å²) in [7, 11) is -2.43. The lowest BCUT2D eigenvalue weighted by Crippen LogP contribution is -2.44. The third-order valence-electron chi connectivity index (χ3n) is 4.95. The third kappa shape index (κ3) is 5.68. The second kappa shape index (κ2) is 9.88. The number of aromatic amines is 1. The number of nitrogens with one attached hydrogen (secondary N) is 1. The predicted molar refractivity (Wildman–Crippen MR) is 125 cm³/mol. The lowest BCUT2D eigenvalue weighted by Gasteiger charge is -2.28. The van der Waals surface area contributed by atoms with E-state index in [1.165, 1.54) is 18.0 Å². The molecule has 0 aliphatic heterocycles. The Morgan fingerprint density at radius 2 is 1.75 bits per heavy atom. The topological polar surface area (TPSA) is 103 Å². The number of fused-ring (bicyclic) bond motifs is 1. The minimum atomic E-state index is -3.79. The van der Waals surface area contributed by atoms with Crippen LogP contribution in [0.25, 0.3) is 17.0 Å². The van der Waals surface area contributed by atoms with Crippen molar-refractivity contribution in [1.29, 1.82) is 0 Å². The number of benzene rings is 2. The Kier molecular flexibility index (Phi) is 7.22. The zero-order chi connectivity index (χ0) is 23.3. The maximum Gasteiger partial charge on any atom is 0.258 e. The number of hydrogen-bond acceptors (Lipinski definition) is 5. The Balaban J connectivity index is 1.75. The molecule has 1 amide bonds. The van der Waals surface area contributed by atoms with Crippen LogP contribution >= 0.6 is 0 Å². The first-order valence-corrected chi connectivity index (χ1v) is 11.6. The molecule has 0 atom stereocenters. The number of aromatic nitrogens is 2. The van der Waals surface area contributed by atoms with Gasteiger partial charge in [-0.3, -0.25) is 9.59 Å². The van der Waals surface area contributed by atoms with Gasteiger partial charge in [-0.2, -0.15) is 4.31 Å². The Morgan fingerprint density at radius 3 is 2.44 bits per heavy atom. The summed E-state index contributed by atoms with van der Waals surface area (Å²) in [6.45, 7) is 3.36. The van der Waals surface area contributed by atoms with E-state index < -0.39 is 15.9 Å². The highest BCUT2D eigenvalue weighted by atomic mass is 32.2. The van der Waals surface area contributed by atoms with Crippen molar-refractivity contribution in [2.45, 2.75) is 26.4 Å². The summed E-state index contributed by atoms with van der Waals surface area (Å²) in [6, 6.07) is 15.8. The number of sulfonamides is 1. The molecule has 1 heterocycles. The minimum Gasteiger partial charge on any atom is -0.332 e. The number of hydrogen-bond donors (Lipinski definition) is 1. The number of amides is 1. The zero-order valence-corrected chi connectivity index (χ0v) is 19.0. The SMILES string of the molecule is CC(C)N(Cc1nc2ccccc2c(=O)[nH]1)C(=O)CN(C)S(=O)(=O)C=Cc1ccccc1. The molecule has 3 rings (SSSR count). The molecule has 32 heavy (non-hydrogen) atoms. The van der Waals surface area contributed by atoms with E-state index in [0.29, 0.717) is 16.7 Å².